The van der Waals surface area contributed by atoms with E-state index in [-0.39, 0.29) is 0 Å². The van der Waals surface area contributed by atoms with Crippen LogP contribution in [0.15, 0.2) is 12.1 Å². The van der Waals surface area contributed by atoms with Crippen LogP contribution in [-0.4, -0.2) is 6.54 Å². The second-order valence-corrected chi connectivity index (χ2v) is 5.44. The molecule has 1 aliphatic carbocycles. The third-order valence-electron chi connectivity index (χ3n) is 3.30. The maximum Gasteiger partial charge on any atom is 0.126 e. The van der Waals surface area contributed by atoms with E-state index in [1.807, 2.05) is 0 Å². The number of nitrogens with one attached hydrogen (secondary N) is 1. The monoisotopic (exact) mass is 275 g/mol. The molecule has 94 valence electrons. The highest BCUT2D eigenvalue weighted by Crippen LogP contribution is 2.32. The lowest BCUT2D eigenvalue weighted by Gasteiger charge is -2.22. The summed E-state index contributed by atoms with van der Waals surface area (Å²) in [5.74, 6) is 0.282. The van der Waals surface area contributed by atoms with Crippen LogP contribution in [-0.2, 0) is 0 Å². The molecule has 2 rings (SSSR count). The number of benzene rings is 1. The first-order valence-corrected chi connectivity index (χ1v) is 6.81. The van der Waals surface area contributed by atoms with Crippen molar-refractivity contribution in [2.24, 2.45) is 5.92 Å². The standard InChI is InChI=1S/C13H16Cl2FN/c14-11-6-10(16)7-12(15)13(11)17-8-9-4-2-1-3-5-9/h6-7,9,17H,1-5,8H2. The van der Waals surface area contributed by atoms with Gasteiger partial charge < -0.3 is 5.32 Å². The van der Waals surface area contributed by atoms with Crippen molar-refractivity contribution in [2.45, 2.75) is 32.1 Å². The van der Waals surface area contributed by atoms with E-state index in [1.165, 1.54) is 44.2 Å². The van der Waals surface area contributed by atoms with Gasteiger partial charge >= 0.3 is 0 Å². The van der Waals surface area contributed by atoms with Crippen LogP contribution >= 0.6 is 23.2 Å². The Hall–Kier alpha value is -0.470. The van der Waals surface area contributed by atoms with Crippen LogP contribution in [0.3, 0.4) is 0 Å². The Balaban J connectivity index is 1.98. The third kappa shape index (κ3) is 3.49. The molecule has 1 aromatic rings. The van der Waals surface area contributed by atoms with Gasteiger partial charge in [-0.25, -0.2) is 4.39 Å². The van der Waals surface area contributed by atoms with Gasteiger partial charge in [0.15, 0.2) is 0 Å². The van der Waals surface area contributed by atoms with E-state index in [9.17, 15) is 4.39 Å². The van der Waals surface area contributed by atoms with Gasteiger partial charge in [-0.1, -0.05) is 42.5 Å². The highest BCUT2D eigenvalue weighted by molar-refractivity contribution is 6.39. The van der Waals surface area contributed by atoms with E-state index in [1.54, 1.807) is 0 Å². The Bertz CT molecular complexity index is 366. The zero-order chi connectivity index (χ0) is 12.3. The van der Waals surface area contributed by atoms with E-state index >= 15 is 0 Å². The Morgan fingerprint density at radius 3 is 2.29 bits per heavy atom. The fourth-order valence-corrected chi connectivity index (χ4v) is 2.94. The molecule has 17 heavy (non-hydrogen) atoms. The van der Waals surface area contributed by atoms with Crippen molar-refractivity contribution < 1.29 is 4.39 Å². The van der Waals surface area contributed by atoms with Gasteiger partial charge in [-0.3, -0.25) is 0 Å². The van der Waals surface area contributed by atoms with Gasteiger partial charge in [0, 0.05) is 6.54 Å². The first-order chi connectivity index (χ1) is 8.16. The fraction of sp³-hybridized carbons (Fsp3) is 0.538. The Labute approximate surface area is 111 Å². The zero-order valence-corrected chi connectivity index (χ0v) is 11.1. The molecule has 0 saturated heterocycles. The summed E-state index contributed by atoms with van der Waals surface area (Å²) < 4.78 is 13.0. The minimum atomic E-state index is -0.400. The molecule has 1 N–H and O–H groups in total. The second-order valence-electron chi connectivity index (χ2n) is 4.63. The lowest BCUT2D eigenvalue weighted by atomic mass is 9.89. The maximum absolute atomic E-state index is 13.0. The minimum absolute atomic E-state index is 0.353. The number of halogens is 3. The molecular formula is C13H16Cl2FN. The predicted octanol–water partition coefficient (Wildman–Crippen LogP) is 5.12. The molecule has 0 atom stereocenters. The molecule has 4 heteroatoms. The molecule has 1 saturated carbocycles. The van der Waals surface area contributed by atoms with Crippen molar-refractivity contribution >= 4 is 28.9 Å². The number of rotatable bonds is 3. The average Bonchev–Trinajstić information content (AvgIpc) is 2.29. The van der Waals surface area contributed by atoms with Crippen molar-refractivity contribution in [1.82, 2.24) is 0 Å². The maximum atomic E-state index is 13.0. The van der Waals surface area contributed by atoms with Crippen LogP contribution in [0.1, 0.15) is 32.1 Å². The smallest absolute Gasteiger partial charge is 0.126 e. The Morgan fingerprint density at radius 1 is 1.12 bits per heavy atom. The van der Waals surface area contributed by atoms with Crippen LogP contribution < -0.4 is 5.32 Å². The van der Waals surface area contributed by atoms with Crippen molar-refractivity contribution in [3.8, 4) is 0 Å². The van der Waals surface area contributed by atoms with E-state index in [4.69, 9.17) is 23.2 Å². The van der Waals surface area contributed by atoms with Crippen molar-refractivity contribution in [1.29, 1.82) is 0 Å². The molecule has 0 unspecified atom stereocenters. The SMILES string of the molecule is Fc1cc(Cl)c(NCC2CCCCC2)c(Cl)c1. The van der Waals surface area contributed by atoms with Crippen molar-refractivity contribution in [3.05, 3.63) is 28.0 Å². The first-order valence-electron chi connectivity index (χ1n) is 6.05. The molecule has 1 aromatic carbocycles. The normalized spacial score (nSPS) is 17.1. The van der Waals surface area contributed by atoms with E-state index in [0.717, 1.165) is 6.54 Å². The lowest BCUT2D eigenvalue weighted by molar-refractivity contribution is 0.373. The molecule has 0 aliphatic heterocycles. The van der Waals surface area contributed by atoms with Crippen LogP contribution in [0.25, 0.3) is 0 Å². The summed E-state index contributed by atoms with van der Waals surface area (Å²) in [5.41, 5.74) is 0.653. The van der Waals surface area contributed by atoms with Crippen LogP contribution in [0.4, 0.5) is 10.1 Å². The molecule has 0 heterocycles. The van der Waals surface area contributed by atoms with E-state index in [2.05, 4.69) is 5.32 Å². The summed E-state index contributed by atoms with van der Waals surface area (Å²) in [7, 11) is 0. The van der Waals surface area contributed by atoms with Gasteiger partial charge in [0.1, 0.15) is 5.82 Å². The number of hydrogen-bond acceptors (Lipinski definition) is 1. The molecule has 0 radical (unpaired) electrons. The molecule has 1 aliphatic rings. The highest BCUT2D eigenvalue weighted by atomic mass is 35.5. The van der Waals surface area contributed by atoms with Crippen LogP contribution in [0, 0.1) is 11.7 Å². The summed E-state index contributed by atoms with van der Waals surface area (Å²) in [6.07, 6.45) is 6.45. The van der Waals surface area contributed by atoms with Gasteiger partial charge in [-0.05, 0) is 30.9 Å². The van der Waals surface area contributed by atoms with Gasteiger partial charge in [0.05, 0.1) is 15.7 Å². The zero-order valence-electron chi connectivity index (χ0n) is 9.61. The molecule has 1 nitrogen and oxygen atoms in total. The molecule has 0 bridgehead atoms. The summed E-state index contributed by atoms with van der Waals surface area (Å²) in [4.78, 5) is 0. The van der Waals surface area contributed by atoms with Crippen LogP contribution in [0.2, 0.25) is 10.0 Å². The first kappa shape index (κ1) is 13.0. The summed E-state index contributed by atoms with van der Waals surface area (Å²) in [6.45, 7) is 0.866. The van der Waals surface area contributed by atoms with Gasteiger partial charge in [0.2, 0.25) is 0 Å². The third-order valence-corrected chi connectivity index (χ3v) is 3.90. The van der Waals surface area contributed by atoms with Gasteiger partial charge in [-0.2, -0.15) is 0 Å². The number of hydrogen-bond donors (Lipinski definition) is 1. The molecule has 1 fully saturated rings. The number of anilines is 1. The topological polar surface area (TPSA) is 12.0 Å². The molecule has 0 spiro atoms. The van der Waals surface area contributed by atoms with E-state index < -0.39 is 5.82 Å². The van der Waals surface area contributed by atoms with Crippen molar-refractivity contribution in [3.63, 3.8) is 0 Å². The predicted molar refractivity (Wildman–Crippen MR) is 71.5 cm³/mol. The average molecular weight is 276 g/mol. The largest absolute Gasteiger partial charge is 0.382 e. The van der Waals surface area contributed by atoms with Crippen molar-refractivity contribution in [2.75, 3.05) is 11.9 Å². The molecular weight excluding hydrogens is 260 g/mol. The summed E-state index contributed by atoms with van der Waals surface area (Å²) in [6, 6.07) is 2.58. The van der Waals surface area contributed by atoms with Gasteiger partial charge in [0.25, 0.3) is 0 Å². The second kappa shape index (κ2) is 5.92. The van der Waals surface area contributed by atoms with E-state index in [0.29, 0.717) is 21.7 Å². The highest BCUT2D eigenvalue weighted by Gasteiger charge is 2.15. The molecule has 0 amide bonds. The quantitative estimate of drug-likeness (QED) is 0.807. The van der Waals surface area contributed by atoms with Crippen LogP contribution in [0.5, 0.6) is 0 Å². The molecule has 0 aromatic heterocycles. The Morgan fingerprint density at radius 2 is 1.71 bits per heavy atom. The fourth-order valence-electron chi connectivity index (χ4n) is 2.35. The van der Waals surface area contributed by atoms with Gasteiger partial charge in [-0.15, -0.1) is 0 Å². The summed E-state index contributed by atoms with van der Waals surface area (Å²) >= 11 is 11.9. The lowest BCUT2D eigenvalue weighted by Crippen LogP contribution is -2.17. The Kier molecular flexibility index (Phi) is 4.52. The minimum Gasteiger partial charge on any atom is -0.382 e. The summed E-state index contributed by atoms with van der Waals surface area (Å²) in [5, 5.41) is 3.95.